The van der Waals surface area contributed by atoms with Gasteiger partial charge in [0.2, 0.25) is 8.32 Å². The maximum absolute atomic E-state index is 5.79. The van der Waals surface area contributed by atoms with E-state index in [-0.39, 0.29) is 0 Å². The minimum Gasteiger partial charge on any atom is -0.400 e. The maximum atomic E-state index is 5.79. The van der Waals surface area contributed by atoms with Gasteiger partial charge in [-0.1, -0.05) is 30.3 Å². The summed E-state index contributed by atoms with van der Waals surface area (Å²) in [6.45, 7) is 5.05. The SMILES string of the molecule is CNCO[Si](C)(C)c1ccccc1. The lowest BCUT2D eigenvalue weighted by atomic mass is 10.4. The van der Waals surface area contributed by atoms with Crippen LogP contribution in [0.3, 0.4) is 0 Å². The zero-order valence-electron chi connectivity index (χ0n) is 8.50. The molecule has 0 saturated carbocycles. The average molecular weight is 195 g/mol. The van der Waals surface area contributed by atoms with E-state index in [0.717, 1.165) is 0 Å². The van der Waals surface area contributed by atoms with Crippen molar-refractivity contribution in [3.63, 3.8) is 0 Å². The Morgan fingerprint density at radius 3 is 2.38 bits per heavy atom. The molecule has 0 fully saturated rings. The Morgan fingerprint density at radius 1 is 1.23 bits per heavy atom. The summed E-state index contributed by atoms with van der Waals surface area (Å²) < 4.78 is 5.79. The lowest BCUT2D eigenvalue weighted by Gasteiger charge is -2.22. The highest BCUT2D eigenvalue weighted by Crippen LogP contribution is 2.03. The smallest absolute Gasteiger partial charge is 0.219 e. The first kappa shape index (κ1) is 10.4. The van der Waals surface area contributed by atoms with Gasteiger partial charge < -0.3 is 4.43 Å². The van der Waals surface area contributed by atoms with Crippen molar-refractivity contribution in [3.8, 4) is 0 Å². The summed E-state index contributed by atoms with van der Waals surface area (Å²) >= 11 is 0. The average Bonchev–Trinajstić information content (AvgIpc) is 2.16. The molecule has 0 radical (unpaired) electrons. The molecule has 0 bridgehead atoms. The largest absolute Gasteiger partial charge is 0.400 e. The van der Waals surface area contributed by atoms with Gasteiger partial charge in [0, 0.05) is 0 Å². The fourth-order valence-corrected chi connectivity index (χ4v) is 2.84. The Balaban J connectivity index is 2.69. The van der Waals surface area contributed by atoms with Crippen LogP contribution in [-0.2, 0) is 4.43 Å². The molecule has 0 heterocycles. The van der Waals surface area contributed by atoms with E-state index >= 15 is 0 Å². The molecule has 0 atom stereocenters. The second-order valence-corrected chi connectivity index (χ2v) is 7.41. The second-order valence-electron chi connectivity index (χ2n) is 3.52. The summed E-state index contributed by atoms with van der Waals surface area (Å²) in [5, 5.41) is 4.34. The zero-order valence-corrected chi connectivity index (χ0v) is 9.50. The van der Waals surface area contributed by atoms with E-state index in [1.54, 1.807) is 0 Å². The van der Waals surface area contributed by atoms with Gasteiger partial charge in [-0.05, 0) is 25.3 Å². The van der Waals surface area contributed by atoms with Gasteiger partial charge in [-0.2, -0.15) is 0 Å². The van der Waals surface area contributed by atoms with Gasteiger partial charge in [0.15, 0.2) is 0 Å². The highest BCUT2D eigenvalue weighted by Gasteiger charge is 2.24. The Morgan fingerprint density at radius 2 is 1.85 bits per heavy atom. The summed E-state index contributed by atoms with van der Waals surface area (Å²) in [5.74, 6) is 0. The molecule has 0 unspecified atom stereocenters. The Kier molecular flexibility index (Phi) is 3.66. The summed E-state index contributed by atoms with van der Waals surface area (Å²) in [6, 6.07) is 10.4. The quantitative estimate of drug-likeness (QED) is 0.577. The number of hydrogen-bond acceptors (Lipinski definition) is 2. The van der Waals surface area contributed by atoms with E-state index in [4.69, 9.17) is 4.43 Å². The molecule has 0 aromatic heterocycles. The predicted octanol–water partition coefficient (Wildman–Crippen LogP) is 1.29. The Hall–Kier alpha value is -0.643. The first-order valence-electron chi connectivity index (χ1n) is 4.51. The van der Waals surface area contributed by atoms with Crippen molar-refractivity contribution in [2.75, 3.05) is 13.8 Å². The summed E-state index contributed by atoms with van der Waals surface area (Å²) in [5.41, 5.74) is 0. The number of nitrogens with one attached hydrogen (secondary N) is 1. The number of hydrogen-bond donors (Lipinski definition) is 1. The van der Waals surface area contributed by atoms with E-state index in [2.05, 4.69) is 42.7 Å². The van der Waals surface area contributed by atoms with Crippen LogP contribution in [0.25, 0.3) is 0 Å². The molecule has 0 aliphatic heterocycles. The van der Waals surface area contributed by atoms with Gasteiger partial charge in [-0.25, -0.2) is 0 Å². The van der Waals surface area contributed by atoms with Gasteiger partial charge in [-0.15, -0.1) is 0 Å². The normalized spacial score (nSPS) is 11.6. The summed E-state index contributed by atoms with van der Waals surface area (Å²) in [6.07, 6.45) is 0. The van der Waals surface area contributed by atoms with Crippen LogP contribution < -0.4 is 10.5 Å². The van der Waals surface area contributed by atoms with E-state index in [0.29, 0.717) is 6.73 Å². The van der Waals surface area contributed by atoms with Crippen LogP contribution >= 0.6 is 0 Å². The van der Waals surface area contributed by atoms with Crippen LogP contribution in [0, 0.1) is 0 Å². The highest BCUT2D eigenvalue weighted by atomic mass is 28.4. The third-order valence-electron chi connectivity index (χ3n) is 2.05. The van der Waals surface area contributed by atoms with Gasteiger partial charge in [0.25, 0.3) is 0 Å². The molecule has 1 rings (SSSR count). The summed E-state index contributed by atoms with van der Waals surface area (Å²) in [7, 11) is 0.235. The topological polar surface area (TPSA) is 21.3 Å². The van der Waals surface area contributed by atoms with Crippen LogP contribution in [0.4, 0.5) is 0 Å². The minimum atomic E-state index is -1.66. The molecule has 0 aliphatic carbocycles. The van der Waals surface area contributed by atoms with Crippen LogP contribution in [0.1, 0.15) is 0 Å². The van der Waals surface area contributed by atoms with E-state index < -0.39 is 8.32 Å². The van der Waals surface area contributed by atoms with Crippen LogP contribution in [0.2, 0.25) is 13.1 Å². The summed E-state index contributed by atoms with van der Waals surface area (Å²) in [4.78, 5) is 0. The first-order valence-corrected chi connectivity index (χ1v) is 7.42. The lowest BCUT2D eigenvalue weighted by Crippen LogP contribution is -2.46. The van der Waals surface area contributed by atoms with Gasteiger partial charge >= 0.3 is 0 Å². The highest BCUT2D eigenvalue weighted by molar-refractivity contribution is 6.84. The first-order chi connectivity index (χ1) is 6.17. The molecule has 1 aromatic rings. The van der Waals surface area contributed by atoms with Crippen molar-refractivity contribution in [2.24, 2.45) is 0 Å². The van der Waals surface area contributed by atoms with Crippen molar-refractivity contribution < 1.29 is 4.43 Å². The molecule has 2 nitrogen and oxygen atoms in total. The van der Waals surface area contributed by atoms with Crippen molar-refractivity contribution in [2.45, 2.75) is 13.1 Å². The van der Waals surface area contributed by atoms with Crippen molar-refractivity contribution in [3.05, 3.63) is 30.3 Å². The molecule has 1 aromatic carbocycles. The fraction of sp³-hybridized carbons (Fsp3) is 0.400. The molecule has 0 aliphatic rings. The Bertz CT molecular complexity index is 248. The molecule has 72 valence electrons. The monoisotopic (exact) mass is 195 g/mol. The molecule has 1 N–H and O–H groups in total. The molecule has 13 heavy (non-hydrogen) atoms. The Labute approximate surface area is 81.1 Å². The number of benzene rings is 1. The standard InChI is InChI=1S/C10H17NOSi/c1-11-9-12-13(2,3)10-7-5-4-6-8-10/h4-8,11H,9H2,1-3H3. The molecular formula is C10H17NOSi. The molecule has 3 heteroatoms. The van der Waals surface area contributed by atoms with Crippen LogP contribution in [-0.4, -0.2) is 22.1 Å². The minimum absolute atomic E-state index is 0.633. The lowest BCUT2D eigenvalue weighted by molar-refractivity contribution is 0.293. The number of rotatable bonds is 4. The second kappa shape index (κ2) is 4.55. The van der Waals surface area contributed by atoms with Gasteiger partial charge in [0.1, 0.15) is 0 Å². The molecule has 0 saturated heterocycles. The van der Waals surface area contributed by atoms with E-state index in [9.17, 15) is 0 Å². The van der Waals surface area contributed by atoms with Crippen LogP contribution in [0.15, 0.2) is 30.3 Å². The third-order valence-corrected chi connectivity index (χ3v) is 4.64. The molecular weight excluding hydrogens is 178 g/mol. The van der Waals surface area contributed by atoms with Crippen LogP contribution in [0.5, 0.6) is 0 Å². The van der Waals surface area contributed by atoms with Crippen molar-refractivity contribution in [1.29, 1.82) is 0 Å². The fourth-order valence-electron chi connectivity index (χ4n) is 1.18. The van der Waals surface area contributed by atoms with Crippen molar-refractivity contribution in [1.82, 2.24) is 5.32 Å². The van der Waals surface area contributed by atoms with E-state index in [1.807, 2.05) is 13.1 Å². The van der Waals surface area contributed by atoms with Gasteiger partial charge in [0.05, 0.1) is 6.73 Å². The van der Waals surface area contributed by atoms with Crippen molar-refractivity contribution >= 4 is 13.5 Å². The predicted molar refractivity (Wildman–Crippen MR) is 58.6 cm³/mol. The van der Waals surface area contributed by atoms with Gasteiger partial charge in [-0.3, -0.25) is 5.32 Å². The maximum Gasteiger partial charge on any atom is 0.219 e. The zero-order chi connectivity index (χ0) is 9.73. The molecule has 0 amide bonds. The van der Waals surface area contributed by atoms with E-state index in [1.165, 1.54) is 5.19 Å². The third kappa shape index (κ3) is 2.95. The molecule has 0 spiro atoms.